The molecule has 3 aromatic rings. The molecule has 7 N–H and O–H groups in total. The Bertz CT molecular complexity index is 1220. The molecule has 1 aliphatic rings. The first-order chi connectivity index (χ1) is 14.1. The number of nitrogen functional groups attached to an aromatic ring is 1. The molecule has 0 bridgehead atoms. The van der Waals surface area contributed by atoms with Crippen molar-refractivity contribution in [3.63, 3.8) is 0 Å². The fraction of sp³-hybridized carbons (Fsp3) is 0.286. The molecule has 0 spiro atoms. The van der Waals surface area contributed by atoms with Gasteiger partial charge in [-0.2, -0.15) is 0 Å². The van der Waals surface area contributed by atoms with Crippen molar-refractivity contribution in [3.05, 3.63) is 51.5 Å². The SMILES string of the molecule is Cc1nc(OC(C)C)ccc1C1(N)C(=O)C(N)c2c(C(=O)O)sc3c(N)ccc1c23. The minimum Gasteiger partial charge on any atom is -0.477 e. The van der Waals surface area contributed by atoms with Crippen LogP contribution >= 0.6 is 11.3 Å². The molecule has 0 fully saturated rings. The number of carbonyl (C=O) groups is 2. The summed E-state index contributed by atoms with van der Waals surface area (Å²) in [6.07, 6.45) is -0.0566. The van der Waals surface area contributed by atoms with E-state index >= 15 is 0 Å². The average molecular weight is 426 g/mol. The highest BCUT2D eigenvalue weighted by Gasteiger charge is 2.49. The third kappa shape index (κ3) is 2.70. The molecule has 9 heteroatoms. The molecule has 0 saturated heterocycles. The third-order valence-corrected chi connectivity index (χ3v) is 6.59. The van der Waals surface area contributed by atoms with E-state index in [9.17, 15) is 14.7 Å². The van der Waals surface area contributed by atoms with E-state index in [0.717, 1.165) is 11.3 Å². The molecule has 2 atom stereocenters. The van der Waals surface area contributed by atoms with Gasteiger partial charge in [-0.3, -0.25) is 4.79 Å². The van der Waals surface area contributed by atoms with E-state index in [1.807, 2.05) is 13.8 Å². The number of pyridine rings is 1. The Balaban J connectivity index is 2.02. The number of thiophene rings is 1. The standard InChI is InChI=1S/C21H22N4O4S/c1-8(2)29-13-7-5-10(9(3)25-13)21(24)11-4-6-12(22)17-14(11)15(16(23)19(21)26)18(30-17)20(27)28/h4-8,16H,22-24H2,1-3H3,(H,27,28). The largest absolute Gasteiger partial charge is 0.477 e. The molecule has 2 heterocycles. The van der Waals surface area contributed by atoms with Crippen molar-refractivity contribution in [2.24, 2.45) is 11.5 Å². The number of carbonyl (C=O) groups excluding carboxylic acids is 1. The van der Waals surface area contributed by atoms with Crippen LogP contribution in [0.15, 0.2) is 24.3 Å². The van der Waals surface area contributed by atoms with Crippen molar-refractivity contribution in [1.82, 2.24) is 4.98 Å². The van der Waals surface area contributed by atoms with Crippen molar-refractivity contribution >= 4 is 38.9 Å². The second kappa shape index (κ2) is 6.76. The van der Waals surface area contributed by atoms with Gasteiger partial charge in [0.25, 0.3) is 0 Å². The normalized spacial score (nSPS) is 20.7. The van der Waals surface area contributed by atoms with Crippen LogP contribution < -0.4 is 21.9 Å². The first-order valence-corrected chi connectivity index (χ1v) is 10.2. The first-order valence-electron chi connectivity index (χ1n) is 9.39. The van der Waals surface area contributed by atoms with Gasteiger partial charge in [-0.15, -0.1) is 11.3 Å². The predicted molar refractivity (Wildman–Crippen MR) is 115 cm³/mol. The zero-order chi connectivity index (χ0) is 22.0. The number of carboxylic acid groups (broad SMARTS) is 1. The number of nitrogens with two attached hydrogens (primary N) is 3. The second-order valence-corrected chi connectivity index (χ2v) is 8.68. The van der Waals surface area contributed by atoms with Gasteiger partial charge in [0, 0.05) is 34.0 Å². The number of Topliss-reactive ketones (excluding diaryl/α,β-unsaturated/α-hetero) is 1. The topological polar surface area (TPSA) is 155 Å². The summed E-state index contributed by atoms with van der Waals surface area (Å²) in [7, 11) is 0. The zero-order valence-corrected chi connectivity index (χ0v) is 17.5. The summed E-state index contributed by atoms with van der Waals surface area (Å²) in [6.45, 7) is 5.53. The Kier molecular flexibility index (Phi) is 4.57. The number of ketones is 1. The van der Waals surface area contributed by atoms with Gasteiger partial charge in [0.1, 0.15) is 10.4 Å². The van der Waals surface area contributed by atoms with Gasteiger partial charge in [0.2, 0.25) is 5.88 Å². The van der Waals surface area contributed by atoms with Crippen molar-refractivity contribution in [1.29, 1.82) is 0 Å². The minimum atomic E-state index is -1.59. The molecular formula is C21H22N4O4S. The first kappa shape index (κ1) is 20.3. The number of anilines is 1. The summed E-state index contributed by atoms with van der Waals surface area (Å²) in [5, 5.41) is 10.2. The molecule has 1 aromatic carbocycles. The van der Waals surface area contributed by atoms with Crippen LogP contribution in [-0.2, 0) is 10.3 Å². The lowest BCUT2D eigenvalue weighted by atomic mass is 9.70. The highest BCUT2D eigenvalue weighted by atomic mass is 32.1. The summed E-state index contributed by atoms with van der Waals surface area (Å²) < 4.78 is 6.19. The van der Waals surface area contributed by atoms with Crippen LogP contribution in [0.5, 0.6) is 5.88 Å². The molecule has 0 amide bonds. The van der Waals surface area contributed by atoms with Crippen molar-refractivity contribution < 1.29 is 19.4 Å². The van der Waals surface area contributed by atoms with Gasteiger partial charge in [0.05, 0.1) is 16.8 Å². The Morgan fingerprint density at radius 2 is 1.93 bits per heavy atom. The molecule has 4 rings (SSSR count). The molecule has 0 aliphatic heterocycles. The number of hydrogen-bond donors (Lipinski definition) is 4. The van der Waals surface area contributed by atoms with E-state index in [-0.39, 0.29) is 16.5 Å². The van der Waals surface area contributed by atoms with E-state index < -0.39 is 23.3 Å². The number of hydrogen-bond acceptors (Lipinski definition) is 8. The smallest absolute Gasteiger partial charge is 0.346 e. The number of aryl methyl sites for hydroxylation is 1. The molecule has 0 saturated carbocycles. The monoisotopic (exact) mass is 426 g/mol. The van der Waals surface area contributed by atoms with Crippen LogP contribution in [-0.4, -0.2) is 27.9 Å². The Morgan fingerprint density at radius 3 is 2.53 bits per heavy atom. The summed E-state index contributed by atoms with van der Waals surface area (Å²) in [6, 6.07) is 5.48. The fourth-order valence-electron chi connectivity index (χ4n) is 4.08. The fourth-order valence-corrected chi connectivity index (χ4v) is 5.22. The molecule has 156 valence electrons. The Hall–Kier alpha value is -3.01. The number of ether oxygens (including phenoxy) is 1. The highest BCUT2D eigenvalue weighted by Crippen LogP contribution is 2.49. The van der Waals surface area contributed by atoms with Crippen LogP contribution in [0.3, 0.4) is 0 Å². The summed E-state index contributed by atoms with van der Waals surface area (Å²) in [5.74, 6) is -1.23. The minimum absolute atomic E-state index is 0.00239. The van der Waals surface area contributed by atoms with E-state index in [1.54, 1.807) is 31.2 Å². The molecule has 0 radical (unpaired) electrons. The summed E-state index contributed by atoms with van der Waals surface area (Å²) in [4.78, 5) is 29.8. The molecule has 1 aliphatic carbocycles. The van der Waals surface area contributed by atoms with Crippen molar-refractivity contribution in [3.8, 4) is 5.88 Å². The van der Waals surface area contributed by atoms with Gasteiger partial charge in [0.15, 0.2) is 5.78 Å². The van der Waals surface area contributed by atoms with Gasteiger partial charge < -0.3 is 27.0 Å². The van der Waals surface area contributed by atoms with Crippen LogP contribution in [0.1, 0.15) is 51.9 Å². The molecular weight excluding hydrogens is 404 g/mol. The average Bonchev–Trinajstić information content (AvgIpc) is 3.07. The zero-order valence-electron chi connectivity index (χ0n) is 16.7. The lowest BCUT2D eigenvalue weighted by Gasteiger charge is -2.37. The Labute approximate surface area is 176 Å². The third-order valence-electron chi connectivity index (χ3n) is 5.35. The van der Waals surface area contributed by atoms with E-state index in [4.69, 9.17) is 21.9 Å². The molecule has 2 unspecified atom stereocenters. The van der Waals surface area contributed by atoms with Gasteiger partial charge in [-0.25, -0.2) is 9.78 Å². The predicted octanol–water partition coefficient (Wildman–Crippen LogP) is 2.46. The van der Waals surface area contributed by atoms with Crippen molar-refractivity contribution in [2.75, 3.05) is 5.73 Å². The molecule has 8 nitrogen and oxygen atoms in total. The Morgan fingerprint density at radius 1 is 1.27 bits per heavy atom. The van der Waals surface area contributed by atoms with E-state index in [2.05, 4.69) is 4.98 Å². The number of benzene rings is 1. The van der Waals surface area contributed by atoms with Gasteiger partial charge in [-0.1, -0.05) is 6.07 Å². The number of nitrogens with zero attached hydrogens (tertiary/aromatic N) is 1. The lowest BCUT2D eigenvalue weighted by Crippen LogP contribution is -2.53. The number of carboxylic acids is 1. The molecule has 30 heavy (non-hydrogen) atoms. The van der Waals surface area contributed by atoms with Crippen LogP contribution in [0.4, 0.5) is 5.69 Å². The van der Waals surface area contributed by atoms with Gasteiger partial charge >= 0.3 is 5.97 Å². The maximum Gasteiger partial charge on any atom is 0.346 e. The number of aromatic carboxylic acids is 1. The quantitative estimate of drug-likeness (QED) is 0.464. The number of rotatable bonds is 4. The van der Waals surface area contributed by atoms with Crippen LogP contribution in [0.2, 0.25) is 0 Å². The maximum absolute atomic E-state index is 13.5. The second-order valence-electron chi connectivity index (χ2n) is 7.66. The summed E-state index contributed by atoms with van der Waals surface area (Å²) in [5.41, 5.74) is 19.7. The van der Waals surface area contributed by atoms with E-state index in [0.29, 0.717) is 38.5 Å². The van der Waals surface area contributed by atoms with Crippen molar-refractivity contribution in [2.45, 2.75) is 38.5 Å². The van der Waals surface area contributed by atoms with Crippen LogP contribution in [0.25, 0.3) is 10.1 Å². The maximum atomic E-state index is 13.5. The lowest BCUT2D eigenvalue weighted by molar-refractivity contribution is -0.124. The number of aromatic nitrogens is 1. The van der Waals surface area contributed by atoms with Crippen LogP contribution in [0, 0.1) is 6.92 Å². The molecule has 2 aromatic heterocycles. The van der Waals surface area contributed by atoms with Gasteiger partial charge in [-0.05, 0) is 38.5 Å². The highest BCUT2D eigenvalue weighted by molar-refractivity contribution is 7.21. The van der Waals surface area contributed by atoms with E-state index in [1.165, 1.54) is 0 Å². The summed E-state index contributed by atoms with van der Waals surface area (Å²) >= 11 is 1.00.